The number of rotatable bonds is 3. The molecule has 1 rings (SSSR count). The Balaban J connectivity index is 2.70. The zero-order valence-electron chi connectivity index (χ0n) is 8.19. The van der Waals surface area contributed by atoms with E-state index < -0.39 is 6.10 Å². The van der Waals surface area contributed by atoms with Gasteiger partial charge in [0, 0.05) is 16.3 Å². The molecule has 0 saturated carbocycles. The number of aliphatic hydroxyl groups excluding tert-OH is 1. The minimum atomic E-state index is -0.474. The van der Waals surface area contributed by atoms with Gasteiger partial charge >= 0.3 is 0 Å². The van der Waals surface area contributed by atoms with Crippen LogP contribution in [0.25, 0.3) is 0 Å². The molecule has 1 aromatic rings. The lowest BCUT2D eigenvalue weighted by molar-refractivity contribution is 0.194. The fraction of sp³-hybridized carbons (Fsp3) is 0.500. The third-order valence-electron chi connectivity index (χ3n) is 1.56. The first-order chi connectivity index (χ1) is 6.09. The van der Waals surface area contributed by atoms with Crippen molar-refractivity contribution in [2.45, 2.75) is 37.0 Å². The number of hydrogen-bond acceptors (Lipinski definition) is 3. The van der Waals surface area contributed by atoms with Crippen molar-refractivity contribution in [3.63, 3.8) is 0 Å². The van der Waals surface area contributed by atoms with Crippen molar-refractivity contribution < 1.29 is 5.11 Å². The number of aromatic nitrogens is 1. The average molecular weight is 197 g/mol. The van der Waals surface area contributed by atoms with Gasteiger partial charge in [-0.2, -0.15) is 0 Å². The summed E-state index contributed by atoms with van der Waals surface area (Å²) in [7, 11) is 0. The van der Waals surface area contributed by atoms with Crippen molar-refractivity contribution in [3.8, 4) is 0 Å². The Morgan fingerprint density at radius 1 is 1.31 bits per heavy atom. The minimum absolute atomic E-state index is 0.474. The van der Waals surface area contributed by atoms with E-state index in [1.165, 1.54) is 0 Å². The van der Waals surface area contributed by atoms with Crippen LogP contribution in [-0.2, 0) is 0 Å². The van der Waals surface area contributed by atoms with Gasteiger partial charge in [0.05, 0.1) is 11.8 Å². The van der Waals surface area contributed by atoms with Gasteiger partial charge < -0.3 is 5.11 Å². The molecule has 1 aromatic heterocycles. The molecule has 13 heavy (non-hydrogen) atoms. The smallest absolute Gasteiger partial charge is 0.0931 e. The number of nitrogens with zero attached hydrogens (tertiary/aromatic N) is 1. The van der Waals surface area contributed by atoms with Gasteiger partial charge in [-0.15, -0.1) is 11.8 Å². The average Bonchev–Trinajstić information content (AvgIpc) is 2.04. The molecule has 0 saturated heterocycles. The Kier molecular flexibility index (Phi) is 3.75. The van der Waals surface area contributed by atoms with Gasteiger partial charge in [0.25, 0.3) is 0 Å². The number of aliphatic hydroxyl groups is 1. The monoisotopic (exact) mass is 197 g/mol. The highest BCUT2D eigenvalue weighted by Crippen LogP contribution is 2.22. The van der Waals surface area contributed by atoms with Gasteiger partial charge in [-0.05, 0) is 19.1 Å². The number of hydrogen-bond donors (Lipinski definition) is 1. The zero-order valence-corrected chi connectivity index (χ0v) is 9.01. The standard InChI is InChI=1S/C10H15NOS/c1-7(2)13-9-4-5-10(8(3)12)11-6-9/h4-8,12H,1-3H3. The summed E-state index contributed by atoms with van der Waals surface area (Å²) in [5.41, 5.74) is 0.730. The molecular weight excluding hydrogens is 182 g/mol. The summed E-state index contributed by atoms with van der Waals surface area (Å²) in [4.78, 5) is 5.31. The molecule has 0 radical (unpaired) electrons. The van der Waals surface area contributed by atoms with Crippen LogP contribution in [0.5, 0.6) is 0 Å². The Morgan fingerprint density at radius 2 is 2.00 bits per heavy atom. The van der Waals surface area contributed by atoms with Crippen molar-refractivity contribution in [1.82, 2.24) is 4.98 Å². The molecule has 0 fully saturated rings. The lowest BCUT2D eigenvalue weighted by Crippen LogP contribution is -1.95. The Morgan fingerprint density at radius 3 is 2.38 bits per heavy atom. The molecule has 72 valence electrons. The Hall–Kier alpha value is -0.540. The zero-order chi connectivity index (χ0) is 9.84. The lowest BCUT2D eigenvalue weighted by Gasteiger charge is -2.06. The van der Waals surface area contributed by atoms with Crippen molar-refractivity contribution >= 4 is 11.8 Å². The summed E-state index contributed by atoms with van der Waals surface area (Å²) >= 11 is 1.77. The van der Waals surface area contributed by atoms with Crippen LogP contribution in [0, 0.1) is 0 Å². The molecule has 2 nitrogen and oxygen atoms in total. The molecule has 0 spiro atoms. The second-order valence-electron chi connectivity index (χ2n) is 3.26. The summed E-state index contributed by atoms with van der Waals surface area (Å²) in [6.07, 6.45) is 1.34. The summed E-state index contributed by atoms with van der Waals surface area (Å²) in [6, 6.07) is 3.87. The van der Waals surface area contributed by atoms with E-state index in [2.05, 4.69) is 18.8 Å². The van der Waals surface area contributed by atoms with E-state index in [9.17, 15) is 5.11 Å². The Bertz CT molecular complexity index is 256. The molecule has 0 aliphatic carbocycles. The molecule has 0 bridgehead atoms. The lowest BCUT2D eigenvalue weighted by atomic mass is 10.2. The maximum Gasteiger partial charge on any atom is 0.0931 e. The first kappa shape index (κ1) is 10.5. The molecule has 1 atom stereocenters. The third kappa shape index (κ3) is 3.36. The van der Waals surface area contributed by atoms with Crippen molar-refractivity contribution in [1.29, 1.82) is 0 Å². The van der Waals surface area contributed by atoms with Crippen molar-refractivity contribution in [2.24, 2.45) is 0 Å². The summed E-state index contributed by atoms with van der Waals surface area (Å²) in [5, 5.41) is 9.80. The summed E-state index contributed by atoms with van der Waals surface area (Å²) in [6.45, 7) is 6.01. The van der Waals surface area contributed by atoms with E-state index in [0.717, 1.165) is 10.6 Å². The van der Waals surface area contributed by atoms with Gasteiger partial charge in [-0.25, -0.2) is 0 Å². The van der Waals surface area contributed by atoms with Crippen LogP contribution in [0.3, 0.4) is 0 Å². The molecule has 0 aliphatic heterocycles. The molecule has 0 aliphatic rings. The van der Waals surface area contributed by atoms with E-state index in [-0.39, 0.29) is 0 Å². The van der Waals surface area contributed by atoms with Crippen LogP contribution in [0.2, 0.25) is 0 Å². The van der Waals surface area contributed by atoms with Gasteiger partial charge in [0.15, 0.2) is 0 Å². The first-order valence-corrected chi connectivity index (χ1v) is 5.28. The van der Waals surface area contributed by atoms with Gasteiger partial charge in [0.2, 0.25) is 0 Å². The molecule has 1 unspecified atom stereocenters. The van der Waals surface area contributed by atoms with Crippen LogP contribution in [0.15, 0.2) is 23.2 Å². The van der Waals surface area contributed by atoms with Gasteiger partial charge in [-0.3, -0.25) is 4.98 Å². The molecule has 0 aromatic carbocycles. The highest BCUT2D eigenvalue weighted by Gasteiger charge is 2.03. The van der Waals surface area contributed by atoms with E-state index in [1.807, 2.05) is 18.3 Å². The van der Waals surface area contributed by atoms with Gasteiger partial charge in [0.1, 0.15) is 0 Å². The first-order valence-electron chi connectivity index (χ1n) is 4.40. The van der Waals surface area contributed by atoms with E-state index in [0.29, 0.717) is 5.25 Å². The number of thioether (sulfide) groups is 1. The Labute approximate surface area is 83.4 Å². The second kappa shape index (κ2) is 4.63. The molecule has 0 amide bonds. The quantitative estimate of drug-likeness (QED) is 0.756. The van der Waals surface area contributed by atoms with Crippen LogP contribution >= 0.6 is 11.8 Å². The minimum Gasteiger partial charge on any atom is -0.387 e. The number of pyridine rings is 1. The maximum atomic E-state index is 9.23. The fourth-order valence-corrected chi connectivity index (χ4v) is 1.79. The van der Waals surface area contributed by atoms with Crippen LogP contribution in [0.4, 0.5) is 0 Å². The fourth-order valence-electron chi connectivity index (χ4n) is 0.981. The van der Waals surface area contributed by atoms with Crippen molar-refractivity contribution in [3.05, 3.63) is 24.0 Å². The van der Waals surface area contributed by atoms with Crippen molar-refractivity contribution in [2.75, 3.05) is 0 Å². The highest BCUT2D eigenvalue weighted by molar-refractivity contribution is 7.99. The normalized spacial score (nSPS) is 13.3. The van der Waals surface area contributed by atoms with Crippen LogP contribution in [-0.4, -0.2) is 15.3 Å². The maximum absolute atomic E-state index is 9.23. The molecule has 3 heteroatoms. The molecular formula is C10H15NOS. The topological polar surface area (TPSA) is 33.1 Å². The van der Waals surface area contributed by atoms with Crippen LogP contribution < -0.4 is 0 Å². The summed E-state index contributed by atoms with van der Waals surface area (Å²) in [5.74, 6) is 0. The third-order valence-corrected chi connectivity index (χ3v) is 2.54. The molecule has 1 heterocycles. The van der Waals surface area contributed by atoms with E-state index in [1.54, 1.807) is 18.7 Å². The highest BCUT2D eigenvalue weighted by atomic mass is 32.2. The van der Waals surface area contributed by atoms with Gasteiger partial charge in [-0.1, -0.05) is 13.8 Å². The SMILES string of the molecule is CC(C)Sc1ccc(C(C)O)nc1. The predicted octanol–water partition coefficient (Wildman–Crippen LogP) is 2.64. The molecule has 1 N–H and O–H groups in total. The van der Waals surface area contributed by atoms with E-state index >= 15 is 0 Å². The van der Waals surface area contributed by atoms with Crippen LogP contribution in [0.1, 0.15) is 32.6 Å². The predicted molar refractivity (Wildman–Crippen MR) is 55.9 cm³/mol. The second-order valence-corrected chi connectivity index (χ2v) is 4.91. The van der Waals surface area contributed by atoms with E-state index in [4.69, 9.17) is 0 Å². The summed E-state index contributed by atoms with van der Waals surface area (Å²) < 4.78 is 0. The largest absolute Gasteiger partial charge is 0.387 e.